The molecule has 0 bridgehead atoms. The van der Waals surface area contributed by atoms with Crippen LogP contribution in [0.3, 0.4) is 0 Å². The molecule has 0 aromatic carbocycles. The van der Waals surface area contributed by atoms with Crippen molar-refractivity contribution in [2.24, 2.45) is 5.73 Å². The third kappa shape index (κ3) is 2.37. The third-order valence-corrected chi connectivity index (χ3v) is 3.53. The molecule has 0 radical (unpaired) electrons. The van der Waals surface area contributed by atoms with Gasteiger partial charge in [0.1, 0.15) is 18.2 Å². The Bertz CT molecular complexity index is 394. The van der Waals surface area contributed by atoms with Crippen LogP contribution >= 0.6 is 0 Å². The highest BCUT2D eigenvalue weighted by Crippen LogP contribution is 2.29. The number of nitrogens with zero attached hydrogens (tertiary/aromatic N) is 4. The van der Waals surface area contributed by atoms with E-state index in [1.54, 1.807) is 18.1 Å². The number of methoxy groups -OCH3 is 1. The fourth-order valence-corrected chi connectivity index (χ4v) is 2.58. The zero-order valence-electron chi connectivity index (χ0n) is 10.6. The van der Waals surface area contributed by atoms with E-state index in [2.05, 4.69) is 15.0 Å². The Morgan fingerprint density at radius 3 is 3.00 bits per heavy atom. The predicted octanol–water partition coefficient (Wildman–Crippen LogP) is -0.756. The van der Waals surface area contributed by atoms with Crippen molar-refractivity contribution in [3.8, 4) is 0 Å². The second-order valence-corrected chi connectivity index (χ2v) is 4.58. The van der Waals surface area contributed by atoms with E-state index in [1.807, 2.05) is 0 Å². The van der Waals surface area contributed by atoms with Crippen LogP contribution in [-0.4, -0.2) is 57.9 Å². The Morgan fingerprint density at radius 1 is 1.56 bits per heavy atom. The van der Waals surface area contributed by atoms with Gasteiger partial charge in [-0.1, -0.05) is 0 Å². The molecule has 100 valence electrons. The van der Waals surface area contributed by atoms with Crippen molar-refractivity contribution in [2.75, 3.05) is 26.8 Å². The molecule has 2 N–H and O–H groups in total. The number of rotatable bonds is 6. The van der Waals surface area contributed by atoms with Crippen LogP contribution in [0, 0.1) is 0 Å². The van der Waals surface area contributed by atoms with Crippen molar-refractivity contribution in [2.45, 2.75) is 24.9 Å². The Kier molecular flexibility index (Phi) is 3.93. The lowest BCUT2D eigenvalue weighted by Gasteiger charge is -2.35. The topological polar surface area (TPSA) is 86.3 Å². The van der Waals surface area contributed by atoms with Crippen LogP contribution in [0.2, 0.25) is 0 Å². The van der Waals surface area contributed by atoms with E-state index in [0.717, 1.165) is 25.9 Å². The van der Waals surface area contributed by atoms with Gasteiger partial charge in [-0.15, -0.1) is 0 Å². The molecule has 7 nitrogen and oxygen atoms in total. The molecule has 1 unspecified atom stereocenters. The normalized spacial score (nSPS) is 24.5. The highest BCUT2D eigenvalue weighted by Gasteiger charge is 2.45. The first-order chi connectivity index (χ1) is 8.69. The second kappa shape index (κ2) is 5.45. The van der Waals surface area contributed by atoms with Gasteiger partial charge in [-0.25, -0.2) is 4.98 Å². The molecule has 2 rings (SSSR count). The van der Waals surface area contributed by atoms with Crippen molar-refractivity contribution in [3.63, 3.8) is 0 Å². The van der Waals surface area contributed by atoms with Gasteiger partial charge in [0.2, 0.25) is 5.91 Å². The number of carbonyl (C=O) groups is 1. The van der Waals surface area contributed by atoms with Crippen molar-refractivity contribution in [1.29, 1.82) is 0 Å². The monoisotopic (exact) mass is 253 g/mol. The molecule has 1 aliphatic heterocycles. The van der Waals surface area contributed by atoms with Gasteiger partial charge in [-0.3, -0.25) is 14.4 Å². The van der Waals surface area contributed by atoms with Crippen molar-refractivity contribution in [1.82, 2.24) is 19.7 Å². The summed E-state index contributed by atoms with van der Waals surface area (Å²) >= 11 is 0. The van der Waals surface area contributed by atoms with Gasteiger partial charge in [0, 0.05) is 13.7 Å². The van der Waals surface area contributed by atoms with E-state index in [0.29, 0.717) is 13.2 Å². The SMILES string of the molecule is COCC1(C(N)=O)CCCN1CCn1cncn1. The number of amides is 1. The number of ether oxygens (including phenoxy) is 1. The number of carbonyl (C=O) groups excluding carboxylic acids is 1. The molecule has 0 aliphatic carbocycles. The molecular formula is C11H19N5O2. The standard InChI is InChI=1S/C11H19N5O2/c1-18-7-11(10(12)17)3-2-4-15(11)5-6-16-9-13-8-14-16/h8-9H,2-7H2,1H3,(H2,12,17). The molecule has 0 saturated carbocycles. The van der Waals surface area contributed by atoms with E-state index < -0.39 is 5.54 Å². The summed E-state index contributed by atoms with van der Waals surface area (Å²) in [5, 5.41) is 4.05. The minimum atomic E-state index is -0.657. The largest absolute Gasteiger partial charge is 0.382 e. The molecule has 0 spiro atoms. The lowest BCUT2D eigenvalue weighted by atomic mass is 9.96. The summed E-state index contributed by atoms with van der Waals surface area (Å²) < 4.78 is 6.93. The minimum Gasteiger partial charge on any atom is -0.382 e. The van der Waals surface area contributed by atoms with Crippen LogP contribution in [0.15, 0.2) is 12.7 Å². The first-order valence-electron chi connectivity index (χ1n) is 6.05. The molecule has 18 heavy (non-hydrogen) atoms. The van der Waals surface area contributed by atoms with Crippen molar-refractivity contribution < 1.29 is 9.53 Å². The minimum absolute atomic E-state index is 0.305. The highest BCUT2D eigenvalue weighted by atomic mass is 16.5. The highest BCUT2D eigenvalue weighted by molar-refractivity contribution is 5.85. The summed E-state index contributed by atoms with van der Waals surface area (Å²) in [5.74, 6) is -0.305. The van der Waals surface area contributed by atoms with Crippen LogP contribution in [-0.2, 0) is 16.1 Å². The Morgan fingerprint density at radius 2 is 2.39 bits per heavy atom. The summed E-state index contributed by atoms with van der Waals surface area (Å²) in [4.78, 5) is 17.7. The maximum absolute atomic E-state index is 11.8. The maximum atomic E-state index is 11.8. The summed E-state index contributed by atoms with van der Waals surface area (Å²) in [6, 6.07) is 0. The summed E-state index contributed by atoms with van der Waals surface area (Å²) in [6.07, 6.45) is 4.88. The van der Waals surface area contributed by atoms with Crippen molar-refractivity contribution >= 4 is 5.91 Å². The van der Waals surface area contributed by atoms with Crippen LogP contribution in [0.25, 0.3) is 0 Å². The molecular weight excluding hydrogens is 234 g/mol. The first kappa shape index (κ1) is 13.0. The van der Waals surface area contributed by atoms with Crippen LogP contribution < -0.4 is 5.73 Å². The number of nitrogens with two attached hydrogens (primary N) is 1. The lowest BCUT2D eigenvalue weighted by molar-refractivity contribution is -0.132. The molecule has 1 amide bonds. The van der Waals surface area contributed by atoms with Gasteiger partial charge in [-0.2, -0.15) is 5.10 Å². The lowest BCUT2D eigenvalue weighted by Crippen LogP contribution is -2.57. The van der Waals surface area contributed by atoms with Crippen molar-refractivity contribution in [3.05, 3.63) is 12.7 Å². The van der Waals surface area contributed by atoms with E-state index in [9.17, 15) is 4.79 Å². The molecule has 2 heterocycles. The van der Waals surface area contributed by atoms with Crippen LogP contribution in [0.5, 0.6) is 0 Å². The molecule has 1 aliphatic rings. The number of primary amides is 1. The number of likely N-dealkylation sites (tertiary alicyclic amines) is 1. The summed E-state index contributed by atoms with van der Waals surface area (Å²) in [7, 11) is 1.60. The van der Waals surface area contributed by atoms with E-state index in [4.69, 9.17) is 10.5 Å². The number of hydrogen-bond acceptors (Lipinski definition) is 5. The predicted molar refractivity (Wildman–Crippen MR) is 64.6 cm³/mol. The second-order valence-electron chi connectivity index (χ2n) is 4.58. The first-order valence-corrected chi connectivity index (χ1v) is 6.05. The fourth-order valence-electron chi connectivity index (χ4n) is 2.58. The Hall–Kier alpha value is -1.47. The fraction of sp³-hybridized carbons (Fsp3) is 0.727. The zero-order valence-corrected chi connectivity index (χ0v) is 10.6. The van der Waals surface area contributed by atoms with Gasteiger partial charge in [0.05, 0.1) is 13.2 Å². The number of hydrogen-bond donors (Lipinski definition) is 1. The van der Waals surface area contributed by atoms with Gasteiger partial charge >= 0.3 is 0 Å². The van der Waals surface area contributed by atoms with E-state index >= 15 is 0 Å². The Balaban J connectivity index is 2.03. The molecule has 1 atom stereocenters. The molecule has 1 fully saturated rings. The van der Waals surface area contributed by atoms with E-state index in [1.165, 1.54) is 6.33 Å². The zero-order chi connectivity index (χ0) is 13.0. The number of aromatic nitrogens is 3. The quantitative estimate of drug-likeness (QED) is 0.720. The summed E-state index contributed by atoms with van der Waals surface area (Å²) in [6.45, 7) is 2.62. The maximum Gasteiger partial charge on any atom is 0.240 e. The molecule has 7 heteroatoms. The van der Waals surface area contributed by atoms with Gasteiger partial charge in [0.15, 0.2) is 0 Å². The van der Waals surface area contributed by atoms with Gasteiger partial charge in [-0.05, 0) is 19.4 Å². The van der Waals surface area contributed by atoms with Gasteiger partial charge in [0.25, 0.3) is 0 Å². The van der Waals surface area contributed by atoms with Crippen LogP contribution in [0.1, 0.15) is 12.8 Å². The third-order valence-electron chi connectivity index (χ3n) is 3.53. The average molecular weight is 253 g/mol. The Labute approximate surface area is 106 Å². The van der Waals surface area contributed by atoms with Gasteiger partial charge < -0.3 is 10.5 Å². The molecule has 1 saturated heterocycles. The molecule has 1 aromatic heterocycles. The molecule has 1 aromatic rings. The van der Waals surface area contributed by atoms with Crippen LogP contribution in [0.4, 0.5) is 0 Å². The van der Waals surface area contributed by atoms with E-state index in [-0.39, 0.29) is 5.91 Å². The summed E-state index contributed by atoms with van der Waals surface area (Å²) in [5.41, 5.74) is 4.91. The smallest absolute Gasteiger partial charge is 0.240 e. The average Bonchev–Trinajstić information content (AvgIpc) is 2.96.